The van der Waals surface area contributed by atoms with Crippen molar-refractivity contribution in [3.8, 4) is 0 Å². The number of ether oxygens (including phenoxy) is 1. The van der Waals surface area contributed by atoms with Gasteiger partial charge in [-0.2, -0.15) is 0 Å². The molecule has 0 aliphatic carbocycles. The second-order valence-corrected chi connectivity index (χ2v) is 7.20. The van der Waals surface area contributed by atoms with Crippen molar-refractivity contribution in [3.63, 3.8) is 0 Å². The first-order chi connectivity index (χ1) is 12.7. The van der Waals surface area contributed by atoms with Crippen molar-refractivity contribution in [3.05, 3.63) is 35.9 Å². The van der Waals surface area contributed by atoms with Crippen LogP contribution in [0.4, 0.5) is 0 Å². The number of amides is 1. The number of rotatable bonds is 11. The lowest BCUT2D eigenvalue weighted by molar-refractivity contribution is -0.160. The number of hydrogen-bond acceptors (Lipinski definition) is 3. The fourth-order valence-corrected chi connectivity index (χ4v) is 3.43. The number of likely N-dealkylation sites (tertiary alicyclic amines) is 1. The molecule has 0 aromatic heterocycles. The normalized spacial score (nSPS) is 15.0. The predicted octanol–water partition coefficient (Wildman–Crippen LogP) is 4.51. The average Bonchev–Trinajstić information content (AvgIpc) is 3.19. The molecule has 1 aromatic carbocycles. The largest absolute Gasteiger partial charge is 0.452 e. The van der Waals surface area contributed by atoms with E-state index in [1.165, 1.54) is 5.56 Å². The standard InChI is InChI=1S/C22H33NO3/c1-2-3-4-8-15-20(22(25)23-17-9-10-18-23)26-21(24)16-11-14-19-12-6-5-7-13-19/h5-7,12-13,20H,2-4,8-11,14-18H2,1H3. The lowest BCUT2D eigenvalue weighted by Gasteiger charge is -2.23. The van der Waals surface area contributed by atoms with Crippen LogP contribution in [0.5, 0.6) is 0 Å². The van der Waals surface area contributed by atoms with Crippen LogP contribution in [0.2, 0.25) is 0 Å². The molecule has 1 atom stereocenters. The molecule has 1 fully saturated rings. The Hall–Kier alpha value is -1.84. The molecule has 1 aliphatic rings. The van der Waals surface area contributed by atoms with Crippen molar-refractivity contribution in [2.45, 2.75) is 77.2 Å². The van der Waals surface area contributed by atoms with Crippen LogP contribution in [0.1, 0.15) is 70.3 Å². The number of carbonyl (C=O) groups excluding carboxylic acids is 2. The van der Waals surface area contributed by atoms with Crippen molar-refractivity contribution in [2.75, 3.05) is 13.1 Å². The van der Waals surface area contributed by atoms with Crippen molar-refractivity contribution in [2.24, 2.45) is 0 Å². The number of carbonyl (C=O) groups is 2. The number of hydrogen-bond donors (Lipinski definition) is 0. The van der Waals surface area contributed by atoms with E-state index >= 15 is 0 Å². The summed E-state index contributed by atoms with van der Waals surface area (Å²) in [6.45, 7) is 3.77. The molecule has 0 spiro atoms. The Morgan fingerprint density at radius 2 is 1.77 bits per heavy atom. The van der Waals surface area contributed by atoms with Crippen LogP contribution in [0.25, 0.3) is 0 Å². The zero-order valence-corrected chi connectivity index (χ0v) is 16.1. The van der Waals surface area contributed by atoms with Gasteiger partial charge in [0.25, 0.3) is 5.91 Å². The van der Waals surface area contributed by atoms with Gasteiger partial charge in [-0.05, 0) is 44.1 Å². The molecule has 1 unspecified atom stereocenters. The minimum Gasteiger partial charge on any atom is -0.452 e. The highest BCUT2D eigenvalue weighted by atomic mass is 16.5. The second kappa shape index (κ2) is 11.7. The third kappa shape index (κ3) is 7.19. The first-order valence-corrected chi connectivity index (χ1v) is 10.2. The maximum atomic E-state index is 12.7. The molecular formula is C22H33NO3. The highest BCUT2D eigenvalue weighted by Crippen LogP contribution is 2.16. The summed E-state index contributed by atoms with van der Waals surface area (Å²) in [4.78, 5) is 26.8. The van der Waals surface area contributed by atoms with Gasteiger partial charge in [-0.1, -0.05) is 56.5 Å². The third-order valence-corrected chi connectivity index (χ3v) is 4.98. The van der Waals surface area contributed by atoms with Gasteiger partial charge in [0.2, 0.25) is 0 Å². The van der Waals surface area contributed by atoms with Crippen LogP contribution in [0, 0.1) is 0 Å². The van der Waals surface area contributed by atoms with Gasteiger partial charge in [-0.3, -0.25) is 9.59 Å². The highest BCUT2D eigenvalue weighted by molar-refractivity contribution is 5.84. The Labute approximate surface area is 157 Å². The summed E-state index contributed by atoms with van der Waals surface area (Å²) >= 11 is 0. The zero-order valence-electron chi connectivity index (χ0n) is 16.1. The fraction of sp³-hybridized carbons (Fsp3) is 0.636. The molecule has 0 N–H and O–H groups in total. The summed E-state index contributed by atoms with van der Waals surface area (Å²) in [5, 5.41) is 0. The van der Waals surface area contributed by atoms with Crippen LogP contribution in [-0.4, -0.2) is 36.0 Å². The zero-order chi connectivity index (χ0) is 18.6. The van der Waals surface area contributed by atoms with Gasteiger partial charge in [0.05, 0.1) is 0 Å². The van der Waals surface area contributed by atoms with E-state index in [0.29, 0.717) is 12.8 Å². The Bertz CT molecular complexity index is 538. The minimum atomic E-state index is -0.589. The highest BCUT2D eigenvalue weighted by Gasteiger charge is 2.28. The summed E-state index contributed by atoms with van der Waals surface area (Å²) in [7, 11) is 0. The van der Waals surface area contributed by atoms with Crippen molar-refractivity contribution in [1.29, 1.82) is 0 Å². The monoisotopic (exact) mass is 359 g/mol. The molecule has 2 rings (SSSR count). The quantitative estimate of drug-likeness (QED) is 0.431. The molecule has 0 radical (unpaired) electrons. The Morgan fingerprint density at radius 3 is 2.46 bits per heavy atom. The molecule has 0 bridgehead atoms. The van der Waals surface area contributed by atoms with E-state index in [-0.39, 0.29) is 11.9 Å². The minimum absolute atomic E-state index is 0.00964. The van der Waals surface area contributed by atoms with Gasteiger partial charge in [0, 0.05) is 19.5 Å². The van der Waals surface area contributed by atoms with Crippen LogP contribution in [0.3, 0.4) is 0 Å². The van der Waals surface area contributed by atoms with E-state index in [1.54, 1.807) is 0 Å². The topological polar surface area (TPSA) is 46.6 Å². The lowest BCUT2D eigenvalue weighted by atomic mass is 10.1. The van der Waals surface area contributed by atoms with Gasteiger partial charge in [-0.25, -0.2) is 0 Å². The lowest BCUT2D eigenvalue weighted by Crippen LogP contribution is -2.39. The third-order valence-electron chi connectivity index (χ3n) is 4.98. The van der Waals surface area contributed by atoms with Gasteiger partial charge >= 0.3 is 5.97 Å². The molecule has 4 heteroatoms. The van der Waals surface area contributed by atoms with Crippen LogP contribution < -0.4 is 0 Å². The number of unbranched alkanes of at least 4 members (excludes halogenated alkanes) is 3. The van der Waals surface area contributed by atoms with Crippen LogP contribution >= 0.6 is 0 Å². The Morgan fingerprint density at radius 1 is 1.04 bits per heavy atom. The Balaban J connectivity index is 1.79. The van der Waals surface area contributed by atoms with E-state index in [0.717, 1.165) is 64.5 Å². The van der Waals surface area contributed by atoms with Crippen molar-refractivity contribution in [1.82, 2.24) is 4.90 Å². The SMILES string of the molecule is CCCCCCC(OC(=O)CCCc1ccccc1)C(=O)N1CCCC1. The molecule has 0 saturated carbocycles. The summed E-state index contributed by atoms with van der Waals surface area (Å²) in [5.41, 5.74) is 1.23. The predicted molar refractivity (Wildman–Crippen MR) is 104 cm³/mol. The first kappa shape index (κ1) is 20.5. The second-order valence-electron chi connectivity index (χ2n) is 7.20. The Kier molecular flexibility index (Phi) is 9.22. The maximum Gasteiger partial charge on any atom is 0.306 e. The van der Waals surface area contributed by atoms with Gasteiger partial charge < -0.3 is 9.64 Å². The fourth-order valence-electron chi connectivity index (χ4n) is 3.43. The van der Waals surface area contributed by atoms with E-state index in [9.17, 15) is 9.59 Å². The number of esters is 1. The molecule has 1 aliphatic heterocycles. The molecular weight excluding hydrogens is 326 g/mol. The summed E-state index contributed by atoms with van der Waals surface area (Å²) < 4.78 is 5.61. The van der Waals surface area contributed by atoms with Gasteiger partial charge in [0.15, 0.2) is 6.10 Å². The van der Waals surface area contributed by atoms with Crippen molar-refractivity contribution >= 4 is 11.9 Å². The molecule has 4 nitrogen and oxygen atoms in total. The maximum absolute atomic E-state index is 12.7. The van der Waals surface area contributed by atoms with Crippen molar-refractivity contribution < 1.29 is 14.3 Å². The molecule has 1 aromatic rings. The van der Waals surface area contributed by atoms with E-state index in [2.05, 4.69) is 19.1 Å². The van der Waals surface area contributed by atoms with E-state index in [1.807, 2.05) is 23.1 Å². The van der Waals surface area contributed by atoms with Gasteiger partial charge in [-0.15, -0.1) is 0 Å². The smallest absolute Gasteiger partial charge is 0.306 e. The number of aryl methyl sites for hydroxylation is 1. The number of benzene rings is 1. The van der Waals surface area contributed by atoms with Crippen LogP contribution in [0.15, 0.2) is 30.3 Å². The average molecular weight is 360 g/mol. The molecule has 1 amide bonds. The number of nitrogens with zero attached hydrogens (tertiary/aromatic N) is 1. The summed E-state index contributed by atoms with van der Waals surface area (Å²) in [5.74, 6) is -0.232. The molecule has 1 heterocycles. The first-order valence-electron chi connectivity index (χ1n) is 10.2. The molecule has 144 valence electrons. The van der Waals surface area contributed by atoms with E-state index < -0.39 is 6.10 Å². The molecule has 1 saturated heterocycles. The molecule has 26 heavy (non-hydrogen) atoms. The van der Waals surface area contributed by atoms with E-state index in [4.69, 9.17) is 4.74 Å². The van der Waals surface area contributed by atoms with Crippen LogP contribution in [-0.2, 0) is 20.7 Å². The summed E-state index contributed by atoms with van der Waals surface area (Å²) in [6.07, 6.45) is 8.50. The van der Waals surface area contributed by atoms with Gasteiger partial charge in [0.1, 0.15) is 0 Å². The summed E-state index contributed by atoms with van der Waals surface area (Å²) in [6, 6.07) is 10.1.